The average Bonchev–Trinajstić information content (AvgIpc) is 2.47. The van der Waals surface area contributed by atoms with Gasteiger partial charge in [-0.15, -0.1) is 0 Å². The summed E-state index contributed by atoms with van der Waals surface area (Å²) in [7, 11) is 0. The van der Waals surface area contributed by atoms with Gasteiger partial charge in [-0.25, -0.2) is 4.79 Å². The van der Waals surface area contributed by atoms with E-state index in [1.807, 2.05) is 0 Å². The van der Waals surface area contributed by atoms with Gasteiger partial charge >= 0.3 is 12.1 Å². The SMILES string of the molecule is CC(C)(C)OC(=O)NC1CCC[C@H]1C(=O)O. The van der Waals surface area contributed by atoms with Gasteiger partial charge in [-0.1, -0.05) is 6.42 Å². The van der Waals surface area contributed by atoms with Crippen molar-refractivity contribution in [1.82, 2.24) is 5.32 Å². The lowest BCUT2D eigenvalue weighted by molar-refractivity contribution is -0.142. The highest BCUT2D eigenvalue weighted by molar-refractivity contribution is 5.74. The Kier molecular flexibility index (Phi) is 3.78. The molecule has 2 N–H and O–H groups in total. The van der Waals surface area contributed by atoms with E-state index in [1.54, 1.807) is 20.8 Å². The van der Waals surface area contributed by atoms with Crippen LogP contribution in [0.15, 0.2) is 0 Å². The molecule has 1 aliphatic carbocycles. The predicted octanol–water partition coefficient (Wildman–Crippen LogP) is 1.76. The topological polar surface area (TPSA) is 75.6 Å². The number of carboxylic acid groups (broad SMARTS) is 1. The van der Waals surface area contributed by atoms with E-state index in [9.17, 15) is 9.59 Å². The lowest BCUT2D eigenvalue weighted by atomic mass is 10.0. The Balaban J connectivity index is 2.47. The monoisotopic (exact) mass is 229 g/mol. The molecule has 1 fully saturated rings. The molecule has 92 valence electrons. The van der Waals surface area contributed by atoms with Crippen LogP contribution in [-0.4, -0.2) is 28.8 Å². The smallest absolute Gasteiger partial charge is 0.407 e. The molecule has 1 amide bonds. The first kappa shape index (κ1) is 12.8. The van der Waals surface area contributed by atoms with Gasteiger partial charge in [0.25, 0.3) is 0 Å². The van der Waals surface area contributed by atoms with Gasteiger partial charge in [0.2, 0.25) is 0 Å². The minimum atomic E-state index is -0.849. The fourth-order valence-corrected chi connectivity index (χ4v) is 1.89. The Hall–Kier alpha value is -1.26. The fraction of sp³-hybridized carbons (Fsp3) is 0.818. The lowest BCUT2D eigenvalue weighted by Gasteiger charge is -2.23. The van der Waals surface area contributed by atoms with Gasteiger partial charge in [0.15, 0.2) is 0 Å². The Bertz CT molecular complexity index is 282. The van der Waals surface area contributed by atoms with Crippen LogP contribution < -0.4 is 5.32 Å². The van der Waals surface area contributed by atoms with Crippen molar-refractivity contribution < 1.29 is 19.4 Å². The van der Waals surface area contributed by atoms with E-state index < -0.39 is 23.6 Å². The fourth-order valence-electron chi connectivity index (χ4n) is 1.89. The average molecular weight is 229 g/mol. The summed E-state index contributed by atoms with van der Waals surface area (Å²) in [6.07, 6.45) is 1.62. The van der Waals surface area contributed by atoms with E-state index in [-0.39, 0.29) is 6.04 Å². The van der Waals surface area contributed by atoms with Crippen molar-refractivity contribution in [2.75, 3.05) is 0 Å². The van der Waals surface area contributed by atoms with Crippen LogP contribution in [0.25, 0.3) is 0 Å². The van der Waals surface area contributed by atoms with E-state index >= 15 is 0 Å². The molecule has 0 aromatic carbocycles. The van der Waals surface area contributed by atoms with Gasteiger partial charge in [-0.2, -0.15) is 0 Å². The van der Waals surface area contributed by atoms with E-state index in [2.05, 4.69) is 5.32 Å². The van der Waals surface area contributed by atoms with Crippen LogP contribution in [0.3, 0.4) is 0 Å². The molecule has 1 rings (SSSR count). The number of alkyl carbamates (subject to hydrolysis) is 1. The molecular formula is C11H19NO4. The quantitative estimate of drug-likeness (QED) is 0.756. The normalized spacial score (nSPS) is 25.2. The molecule has 0 aromatic rings. The number of hydrogen-bond acceptors (Lipinski definition) is 3. The van der Waals surface area contributed by atoms with Crippen molar-refractivity contribution in [3.8, 4) is 0 Å². The van der Waals surface area contributed by atoms with Crippen molar-refractivity contribution in [1.29, 1.82) is 0 Å². The van der Waals surface area contributed by atoms with Crippen LogP contribution >= 0.6 is 0 Å². The summed E-state index contributed by atoms with van der Waals surface area (Å²) in [6.45, 7) is 5.32. The number of nitrogens with one attached hydrogen (secondary N) is 1. The maximum atomic E-state index is 11.5. The number of amides is 1. The van der Waals surface area contributed by atoms with Crippen LogP contribution in [0.2, 0.25) is 0 Å². The van der Waals surface area contributed by atoms with Crippen molar-refractivity contribution >= 4 is 12.1 Å². The molecule has 5 nitrogen and oxygen atoms in total. The van der Waals surface area contributed by atoms with Crippen LogP contribution in [0.4, 0.5) is 4.79 Å². The molecule has 0 saturated heterocycles. The zero-order chi connectivity index (χ0) is 12.3. The highest BCUT2D eigenvalue weighted by Crippen LogP contribution is 2.26. The highest BCUT2D eigenvalue weighted by Gasteiger charge is 2.34. The number of rotatable bonds is 2. The maximum absolute atomic E-state index is 11.5. The summed E-state index contributed by atoms with van der Waals surface area (Å²) in [5.74, 6) is -1.33. The zero-order valence-corrected chi connectivity index (χ0v) is 9.95. The van der Waals surface area contributed by atoms with Gasteiger partial charge in [-0.3, -0.25) is 4.79 Å². The molecule has 2 atom stereocenters. The second-order valence-electron chi connectivity index (χ2n) is 5.13. The van der Waals surface area contributed by atoms with Gasteiger partial charge < -0.3 is 15.2 Å². The number of aliphatic carboxylic acids is 1. The van der Waals surface area contributed by atoms with Crippen molar-refractivity contribution in [3.05, 3.63) is 0 Å². The summed E-state index contributed by atoms with van der Waals surface area (Å²) >= 11 is 0. The molecule has 1 aliphatic rings. The van der Waals surface area contributed by atoms with E-state index in [4.69, 9.17) is 9.84 Å². The summed E-state index contributed by atoms with van der Waals surface area (Å²) < 4.78 is 5.08. The third-order valence-electron chi connectivity index (χ3n) is 2.54. The largest absolute Gasteiger partial charge is 0.481 e. The molecule has 0 bridgehead atoms. The summed E-state index contributed by atoms with van der Waals surface area (Å²) in [4.78, 5) is 22.3. The Morgan fingerprint density at radius 2 is 1.94 bits per heavy atom. The first-order valence-corrected chi connectivity index (χ1v) is 5.52. The predicted molar refractivity (Wildman–Crippen MR) is 58.1 cm³/mol. The number of ether oxygens (including phenoxy) is 1. The number of carbonyl (C=O) groups is 2. The molecule has 0 spiro atoms. The van der Waals surface area contributed by atoms with Crippen LogP contribution in [0, 0.1) is 5.92 Å². The second-order valence-corrected chi connectivity index (χ2v) is 5.13. The standard InChI is InChI=1S/C11H19NO4/c1-11(2,3)16-10(15)12-8-6-4-5-7(8)9(13)14/h7-8H,4-6H2,1-3H3,(H,12,15)(H,13,14)/t7-,8?/m1/s1. The molecule has 16 heavy (non-hydrogen) atoms. The van der Waals surface area contributed by atoms with E-state index in [0.29, 0.717) is 12.8 Å². The van der Waals surface area contributed by atoms with Crippen molar-refractivity contribution in [2.45, 2.75) is 51.7 Å². The molecule has 1 saturated carbocycles. The second kappa shape index (κ2) is 4.72. The summed E-state index contributed by atoms with van der Waals surface area (Å²) in [6, 6.07) is -0.299. The van der Waals surface area contributed by atoms with Crippen LogP contribution in [-0.2, 0) is 9.53 Å². The van der Waals surface area contributed by atoms with Gasteiger partial charge in [0.1, 0.15) is 5.60 Å². The van der Waals surface area contributed by atoms with E-state index in [1.165, 1.54) is 0 Å². The first-order chi connectivity index (χ1) is 7.29. The van der Waals surface area contributed by atoms with Crippen LogP contribution in [0.1, 0.15) is 40.0 Å². The molecule has 1 unspecified atom stereocenters. The van der Waals surface area contributed by atoms with Crippen molar-refractivity contribution in [2.24, 2.45) is 5.92 Å². The molecular weight excluding hydrogens is 210 g/mol. The van der Waals surface area contributed by atoms with E-state index in [0.717, 1.165) is 6.42 Å². The zero-order valence-electron chi connectivity index (χ0n) is 9.95. The highest BCUT2D eigenvalue weighted by atomic mass is 16.6. The van der Waals surface area contributed by atoms with Gasteiger partial charge in [0, 0.05) is 6.04 Å². The lowest BCUT2D eigenvalue weighted by Crippen LogP contribution is -2.42. The minimum absolute atomic E-state index is 0.299. The third kappa shape index (κ3) is 3.72. The summed E-state index contributed by atoms with van der Waals surface area (Å²) in [5, 5.41) is 11.6. The van der Waals surface area contributed by atoms with Gasteiger partial charge in [0.05, 0.1) is 5.92 Å². The number of hydrogen-bond donors (Lipinski definition) is 2. The Morgan fingerprint density at radius 3 is 2.44 bits per heavy atom. The number of carboxylic acids is 1. The molecule has 5 heteroatoms. The molecule has 0 heterocycles. The summed E-state index contributed by atoms with van der Waals surface area (Å²) in [5.41, 5.74) is -0.554. The molecule has 0 aromatic heterocycles. The van der Waals surface area contributed by atoms with Crippen LogP contribution in [0.5, 0.6) is 0 Å². The maximum Gasteiger partial charge on any atom is 0.407 e. The first-order valence-electron chi connectivity index (χ1n) is 5.52. The Morgan fingerprint density at radius 1 is 1.31 bits per heavy atom. The third-order valence-corrected chi connectivity index (χ3v) is 2.54. The Labute approximate surface area is 95.2 Å². The van der Waals surface area contributed by atoms with Crippen molar-refractivity contribution in [3.63, 3.8) is 0 Å². The minimum Gasteiger partial charge on any atom is -0.481 e. The molecule has 0 aliphatic heterocycles. The molecule has 0 radical (unpaired) electrons. The number of carbonyl (C=O) groups excluding carboxylic acids is 1. The van der Waals surface area contributed by atoms with Gasteiger partial charge in [-0.05, 0) is 33.6 Å².